The highest BCUT2D eigenvalue weighted by Crippen LogP contribution is 2.22. The van der Waals surface area contributed by atoms with Crippen molar-refractivity contribution in [1.82, 2.24) is 0 Å². The van der Waals surface area contributed by atoms with Crippen molar-refractivity contribution in [1.29, 1.82) is 0 Å². The molecule has 3 N–H and O–H groups in total. The van der Waals surface area contributed by atoms with Gasteiger partial charge in [0.05, 0.1) is 6.04 Å². The van der Waals surface area contributed by atoms with Crippen molar-refractivity contribution >= 4 is 28.6 Å². The molecule has 23 heavy (non-hydrogen) atoms. The molecule has 0 aromatic heterocycles. The lowest BCUT2D eigenvalue weighted by molar-refractivity contribution is -0.117. The summed E-state index contributed by atoms with van der Waals surface area (Å²) in [4.78, 5) is 24.0. The van der Waals surface area contributed by atoms with E-state index in [1.165, 1.54) is 6.92 Å². The van der Waals surface area contributed by atoms with Crippen molar-refractivity contribution in [2.45, 2.75) is 29.7 Å². The number of benzene rings is 2. The zero-order valence-corrected chi connectivity index (χ0v) is 13.7. The topological polar surface area (TPSA) is 95.2 Å². The first-order valence-electron chi connectivity index (χ1n) is 7.08. The van der Waals surface area contributed by atoms with Gasteiger partial charge in [-0.15, -0.1) is 0 Å². The van der Waals surface area contributed by atoms with Crippen LogP contribution >= 0.6 is 0 Å². The van der Waals surface area contributed by atoms with Gasteiger partial charge in [-0.1, -0.05) is 0 Å². The number of rotatable bonds is 5. The Balaban J connectivity index is 2.12. The molecule has 6 heteroatoms. The van der Waals surface area contributed by atoms with Crippen molar-refractivity contribution in [2.75, 3.05) is 5.32 Å². The van der Waals surface area contributed by atoms with Gasteiger partial charge in [-0.3, -0.25) is 9.59 Å². The van der Waals surface area contributed by atoms with Gasteiger partial charge in [-0.2, -0.15) is 0 Å². The molecule has 0 heterocycles. The van der Waals surface area contributed by atoms with Gasteiger partial charge in [-0.25, -0.2) is 0 Å². The minimum Gasteiger partial charge on any atom is -0.606 e. The molecule has 2 aromatic carbocycles. The quantitative estimate of drug-likeness (QED) is 0.650. The van der Waals surface area contributed by atoms with Crippen LogP contribution in [0.15, 0.2) is 58.3 Å². The molecule has 1 amide bonds. The van der Waals surface area contributed by atoms with Gasteiger partial charge in [0.15, 0.2) is 15.6 Å². The summed E-state index contributed by atoms with van der Waals surface area (Å²) in [6.07, 6.45) is 0. The first-order valence-corrected chi connectivity index (χ1v) is 8.23. The molecule has 0 aliphatic carbocycles. The first kappa shape index (κ1) is 17.2. The predicted molar refractivity (Wildman–Crippen MR) is 89.8 cm³/mol. The number of hydrogen-bond acceptors (Lipinski definition) is 4. The first-order chi connectivity index (χ1) is 10.9. The Morgan fingerprint density at radius 2 is 1.52 bits per heavy atom. The van der Waals surface area contributed by atoms with E-state index in [2.05, 4.69) is 5.32 Å². The third-order valence-electron chi connectivity index (χ3n) is 3.22. The normalized spacial score (nSPS) is 13.2. The minimum absolute atomic E-state index is 0.0310. The second-order valence-corrected chi connectivity index (χ2v) is 6.63. The van der Waals surface area contributed by atoms with E-state index in [0.717, 1.165) is 0 Å². The monoisotopic (exact) mass is 330 g/mol. The molecule has 2 atom stereocenters. The molecular formula is C17H18N2O3S. The SMILES string of the molecule is CC(=O)c1ccc([S+]([O-])c2ccc(NC(=O)C(C)N)cc2)cc1. The average molecular weight is 330 g/mol. The standard InChI is InChI=1S/C17H18N2O3S/c1-11(18)17(21)19-14-5-9-16(10-6-14)23(22)15-7-3-13(4-8-15)12(2)20/h3-11H,18H2,1-2H3,(H,19,21). The van der Waals surface area contributed by atoms with Crippen LogP contribution < -0.4 is 11.1 Å². The number of hydrogen-bond donors (Lipinski definition) is 2. The predicted octanol–water partition coefficient (Wildman–Crippen LogP) is 2.34. The Kier molecular flexibility index (Phi) is 5.54. The molecule has 2 aromatic rings. The molecule has 2 rings (SSSR count). The zero-order valence-electron chi connectivity index (χ0n) is 12.9. The molecule has 0 saturated carbocycles. The number of carbonyl (C=O) groups excluding carboxylic acids is 2. The number of Topliss-reactive ketones (excluding diaryl/α,β-unsaturated/α-hetero) is 1. The summed E-state index contributed by atoms with van der Waals surface area (Å²) in [6, 6.07) is 12.8. The van der Waals surface area contributed by atoms with E-state index in [4.69, 9.17) is 5.73 Å². The van der Waals surface area contributed by atoms with Crippen LogP contribution in [0.5, 0.6) is 0 Å². The summed E-state index contributed by atoms with van der Waals surface area (Å²) in [5, 5.41) is 2.67. The molecule has 0 aliphatic heterocycles. The van der Waals surface area contributed by atoms with Crippen molar-refractivity contribution < 1.29 is 14.1 Å². The third-order valence-corrected chi connectivity index (χ3v) is 4.63. The number of anilines is 1. The van der Waals surface area contributed by atoms with Crippen LogP contribution in [0.25, 0.3) is 0 Å². The van der Waals surface area contributed by atoms with Crippen LogP contribution in [0.3, 0.4) is 0 Å². The van der Waals surface area contributed by atoms with Gasteiger partial charge in [-0.05, 0) is 62.4 Å². The van der Waals surface area contributed by atoms with Crippen LogP contribution in [-0.2, 0) is 16.0 Å². The Morgan fingerprint density at radius 1 is 1.04 bits per heavy atom. The number of nitrogens with two attached hydrogens (primary N) is 1. The molecule has 5 nitrogen and oxygen atoms in total. The van der Waals surface area contributed by atoms with E-state index in [1.54, 1.807) is 55.5 Å². The molecule has 0 bridgehead atoms. The van der Waals surface area contributed by atoms with Gasteiger partial charge >= 0.3 is 0 Å². The van der Waals surface area contributed by atoms with Crippen LogP contribution in [0.1, 0.15) is 24.2 Å². The van der Waals surface area contributed by atoms with Crippen LogP contribution in [0.2, 0.25) is 0 Å². The van der Waals surface area contributed by atoms with Crippen molar-refractivity contribution in [3.8, 4) is 0 Å². The zero-order chi connectivity index (χ0) is 17.0. The Hall–Kier alpha value is -2.15. The smallest absolute Gasteiger partial charge is 0.240 e. The molecule has 120 valence electrons. The number of amides is 1. The molecule has 0 saturated heterocycles. The second kappa shape index (κ2) is 7.41. The third kappa shape index (κ3) is 4.41. The minimum atomic E-state index is -1.35. The van der Waals surface area contributed by atoms with E-state index in [-0.39, 0.29) is 11.7 Å². The van der Waals surface area contributed by atoms with Crippen molar-refractivity contribution in [2.24, 2.45) is 5.73 Å². The van der Waals surface area contributed by atoms with Gasteiger partial charge in [0.25, 0.3) is 0 Å². The summed E-state index contributed by atoms with van der Waals surface area (Å²) in [6.45, 7) is 3.09. The number of nitrogens with one attached hydrogen (secondary N) is 1. The average Bonchev–Trinajstić information content (AvgIpc) is 2.55. The molecule has 0 spiro atoms. The fraction of sp³-hybridized carbons (Fsp3) is 0.176. The maximum Gasteiger partial charge on any atom is 0.240 e. The molecule has 0 radical (unpaired) electrons. The number of ketones is 1. The Labute approximate surface area is 138 Å². The molecular weight excluding hydrogens is 312 g/mol. The Bertz CT molecular complexity index is 697. The summed E-state index contributed by atoms with van der Waals surface area (Å²) in [5.74, 6) is -0.310. The van der Waals surface area contributed by atoms with Crippen molar-refractivity contribution in [3.05, 3.63) is 54.1 Å². The number of carbonyl (C=O) groups is 2. The lowest BCUT2D eigenvalue weighted by atomic mass is 10.2. The Morgan fingerprint density at radius 3 is 1.96 bits per heavy atom. The maximum absolute atomic E-state index is 12.5. The summed E-state index contributed by atoms with van der Waals surface area (Å²) in [5.41, 5.74) is 6.67. The van der Waals surface area contributed by atoms with Gasteiger partial charge in [0.2, 0.25) is 5.91 Å². The summed E-state index contributed by atoms with van der Waals surface area (Å²) >= 11 is -1.35. The van der Waals surface area contributed by atoms with Gasteiger partial charge < -0.3 is 15.6 Å². The highest BCUT2D eigenvalue weighted by molar-refractivity contribution is 7.91. The van der Waals surface area contributed by atoms with Crippen molar-refractivity contribution in [3.63, 3.8) is 0 Å². The largest absolute Gasteiger partial charge is 0.606 e. The van der Waals surface area contributed by atoms with Crippen LogP contribution in [0, 0.1) is 0 Å². The molecule has 2 unspecified atom stereocenters. The van der Waals surface area contributed by atoms with Gasteiger partial charge in [0, 0.05) is 22.4 Å². The van der Waals surface area contributed by atoms with E-state index in [1.807, 2.05) is 0 Å². The highest BCUT2D eigenvalue weighted by atomic mass is 32.2. The van der Waals surface area contributed by atoms with E-state index >= 15 is 0 Å². The molecule has 0 aliphatic rings. The fourth-order valence-electron chi connectivity index (χ4n) is 1.87. The lowest BCUT2D eigenvalue weighted by Gasteiger charge is -2.11. The van der Waals surface area contributed by atoms with Crippen LogP contribution in [0.4, 0.5) is 5.69 Å². The van der Waals surface area contributed by atoms with E-state index in [9.17, 15) is 14.1 Å². The fourth-order valence-corrected chi connectivity index (χ4v) is 2.91. The van der Waals surface area contributed by atoms with Crippen LogP contribution in [-0.4, -0.2) is 22.3 Å². The second-order valence-electron chi connectivity index (χ2n) is 5.15. The maximum atomic E-state index is 12.5. The summed E-state index contributed by atoms with van der Waals surface area (Å²) in [7, 11) is 0. The summed E-state index contributed by atoms with van der Waals surface area (Å²) < 4.78 is 12.5. The lowest BCUT2D eigenvalue weighted by Crippen LogP contribution is -2.32. The van der Waals surface area contributed by atoms with E-state index < -0.39 is 17.2 Å². The van der Waals surface area contributed by atoms with Gasteiger partial charge in [0.1, 0.15) is 0 Å². The van der Waals surface area contributed by atoms with E-state index in [0.29, 0.717) is 21.0 Å². The molecule has 0 fully saturated rings. The highest BCUT2D eigenvalue weighted by Gasteiger charge is 2.15.